The molecule has 7 rings (SSSR count). The monoisotopic (exact) mass is 553 g/mol. The van der Waals surface area contributed by atoms with Crippen LogP contribution >= 0.6 is 0 Å². The Kier molecular flexibility index (Phi) is 6.28. The Labute approximate surface area is 232 Å². The molecule has 3 N–H and O–H groups in total. The van der Waals surface area contributed by atoms with Crippen molar-refractivity contribution >= 4 is 17.8 Å². The molecule has 0 radical (unpaired) electrons. The maximum Gasteiger partial charge on any atom is 0.309 e. The second kappa shape index (κ2) is 9.35. The summed E-state index contributed by atoms with van der Waals surface area (Å²) in [4.78, 5) is 38.6. The minimum Gasteiger partial charge on any atom is -0.496 e. The minimum absolute atomic E-state index is 0.0966. The highest BCUT2D eigenvalue weighted by molar-refractivity contribution is 5.98. The van der Waals surface area contributed by atoms with Crippen LogP contribution in [0.15, 0.2) is 12.1 Å². The lowest BCUT2D eigenvalue weighted by Gasteiger charge is -2.66. The summed E-state index contributed by atoms with van der Waals surface area (Å²) in [5, 5.41) is 25.5. The van der Waals surface area contributed by atoms with E-state index in [1.165, 1.54) is 19.2 Å². The molecule has 1 aromatic rings. The number of halogens is 1. The Morgan fingerprint density at radius 3 is 2.35 bits per heavy atom. The van der Waals surface area contributed by atoms with E-state index in [2.05, 4.69) is 16.7 Å². The van der Waals surface area contributed by atoms with Gasteiger partial charge in [-0.1, -0.05) is 0 Å². The van der Waals surface area contributed by atoms with Gasteiger partial charge in [0.05, 0.1) is 35.7 Å². The van der Waals surface area contributed by atoms with Gasteiger partial charge in [-0.25, -0.2) is 4.39 Å². The van der Waals surface area contributed by atoms with Gasteiger partial charge in [0, 0.05) is 36.9 Å². The molecule has 1 aromatic carbocycles. The average Bonchev–Trinajstić information content (AvgIpc) is 3.50. The molecule has 4 bridgehead atoms. The molecule has 0 unspecified atom stereocenters. The number of carbonyl (C=O) groups excluding carboxylic acids is 2. The van der Waals surface area contributed by atoms with Gasteiger partial charge in [0.25, 0.3) is 5.91 Å². The number of rotatable bonds is 8. The standard InChI is InChI=1S/C30H36FN3O6/c1-28(27(37)38)7-5-19(6-8-28)40-21-11-20(22(39-2)10-18(21)12-32)25(35)33-24-17-4-3-16(9-17)23(24)26(36)34-30-13-29(31,14-30)15-30/h10-11,16-17,19,23-24H,3-9,13-15H2,1-2H3,(H,33,35)(H,34,36)(H,37,38)/t16-,17+,19?,23+,24-,28?,29?,30?/m1/s1. The third kappa shape index (κ3) is 4.38. The molecular weight excluding hydrogens is 517 g/mol. The van der Waals surface area contributed by atoms with Gasteiger partial charge in [-0.2, -0.15) is 5.26 Å². The highest BCUT2D eigenvalue weighted by atomic mass is 19.1. The molecule has 0 aliphatic heterocycles. The van der Waals surface area contributed by atoms with Gasteiger partial charge < -0.3 is 25.2 Å². The van der Waals surface area contributed by atoms with Crippen molar-refractivity contribution in [2.45, 2.75) is 94.5 Å². The van der Waals surface area contributed by atoms with E-state index in [0.717, 1.165) is 19.3 Å². The number of nitrogens with one attached hydrogen (secondary N) is 2. The summed E-state index contributed by atoms with van der Waals surface area (Å²) >= 11 is 0. The van der Waals surface area contributed by atoms with Crippen molar-refractivity contribution in [3.63, 3.8) is 0 Å². The molecule has 6 saturated carbocycles. The van der Waals surface area contributed by atoms with Crippen LogP contribution in [0.5, 0.6) is 11.5 Å². The first-order valence-corrected chi connectivity index (χ1v) is 14.3. The highest BCUT2D eigenvalue weighted by Gasteiger charge is 2.70. The second-order valence-electron chi connectivity index (χ2n) is 13.2. The van der Waals surface area contributed by atoms with Crippen LogP contribution in [0.4, 0.5) is 4.39 Å². The van der Waals surface area contributed by atoms with Gasteiger partial charge in [0.1, 0.15) is 23.2 Å². The molecule has 0 saturated heterocycles. The normalized spacial score (nSPS) is 38.8. The Hall–Kier alpha value is -3.35. The molecule has 6 aliphatic rings. The first-order chi connectivity index (χ1) is 19.0. The number of nitrogens with zero attached hydrogens (tertiary/aromatic N) is 1. The fourth-order valence-corrected chi connectivity index (χ4v) is 8.08. The number of methoxy groups -OCH3 is 1. The Morgan fingerprint density at radius 1 is 1.07 bits per heavy atom. The van der Waals surface area contributed by atoms with Crippen molar-refractivity contribution in [3.8, 4) is 17.6 Å². The number of carboxylic acid groups (broad SMARTS) is 1. The molecule has 9 nitrogen and oxygen atoms in total. The lowest BCUT2D eigenvalue weighted by Crippen LogP contribution is -2.77. The lowest BCUT2D eigenvalue weighted by molar-refractivity contribution is -0.177. The number of alkyl halides is 1. The number of hydrogen-bond acceptors (Lipinski definition) is 6. The Morgan fingerprint density at radius 2 is 1.75 bits per heavy atom. The highest BCUT2D eigenvalue weighted by Crippen LogP contribution is 2.63. The number of carbonyl (C=O) groups is 3. The fraction of sp³-hybridized carbons (Fsp3) is 0.667. The van der Waals surface area contributed by atoms with Crippen molar-refractivity contribution < 1.29 is 33.4 Å². The van der Waals surface area contributed by atoms with Crippen molar-refractivity contribution in [2.24, 2.45) is 23.2 Å². The summed E-state index contributed by atoms with van der Waals surface area (Å²) in [5.74, 6) is -0.827. The number of aliphatic carboxylic acids is 1. The summed E-state index contributed by atoms with van der Waals surface area (Å²) in [7, 11) is 1.43. The van der Waals surface area contributed by atoms with Crippen molar-refractivity contribution in [2.75, 3.05) is 7.11 Å². The number of nitriles is 1. The molecule has 40 heavy (non-hydrogen) atoms. The summed E-state index contributed by atoms with van der Waals surface area (Å²) in [5.41, 5.74) is -1.87. The van der Waals surface area contributed by atoms with Gasteiger partial charge in [-0.15, -0.1) is 0 Å². The fourth-order valence-electron chi connectivity index (χ4n) is 8.08. The topological polar surface area (TPSA) is 138 Å². The van der Waals surface area contributed by atoms with E-state index < -0.39 is 28.5 Å². The van der Waals surface area contributed by atoms with Gasteiger partial charge in [0.15, 0.2) is 0 Å². The first kappa shape index (κ1) is 26.9. The van der Waals surface area contributed by atoms with Crippen molar-refractivity contribution in [1.82, 2.24) is 10.6 Å². The molecule has 0 spiro atoms. The van der Waals surface area contributed by atoms with E-state index in [1.54, 1.807) is 6.92 Å². The summed E-state index contributed by atoms with van der Waals surface area (Å²) in [6.07, 6.45) is 5.58. The van der Waals surface area contributed by atoms with Crippen LogP contribution in [0, 0.1) is 34.5 Å². The predicted octanol–water partition coefficient (Wildman–Crippen LogP) is 3.88. The van der Waals surface area contributed by atoms with Crippen LogP contribution in [0.3, 0.4) is 0 Å². The molecule has 6 aliphatic carbocycles. The number of amides is 2. The number of fused-ring (bicyclic) bond motifs is 2. The molecular formula is C30H36FN3O6. The lowest BCUT2D eigenvalue weighted by atomic mass is 9.47. The van der Waals surface area contributed by atoms with E-state index in [4.69, 9.17) is 9.47 Å². The number of benzene rings is 1. The largest absolute Gasteiger partial charge is 0.496 e. The zero-order chi connectivity index (χ0) is 28.4. The number of ether oxygens (including phenoxy) is 2. The Balaban J connectivity index is 1.18. The van der Waals surface area contributed by atoms with Crippen LogP contribution in [-0.4, -0.2) is 53.4 Å². The second-order valence-corrected chi connectivity index (χ2v) is 13.2. The third-order valence-corrected chi connectivity index (χ3v) is 10.4. The number of carboxylic acids is 1. The van der Waals surface area contributed by atoms with E-state index >= 15 is 0 Å². The van der Waals surface area contributed by atoms with Gasteiger partial charge in [0.2, 0.25) is 5.91 Å². The molecule has 4 atom stereocenters. The van der Waals surface area contributed by atoms with Gasteiger partial charge in [-0.3, -0.25) is 14.4 Å². The summed E-state index contributed by atoms with van der Waals surface area (Å²) < 4.78 is 25.7. The Bertz CT molecular complexity index is 1280. The zero-order valence-electron chi connectivity index (χ0n) is 22.9. The number of hydrogen-bond donors (Lipinski definition) is 3. The molecule has 2 amide bonds. The smallest absolute Gasteiger partial charge is 0.309 e. The van der Waals surface area contributed by atoms with Crippen LogP contribution in [0.2, 0.25) is 0 Å². The van der Waals surface area contributed by atoms with Gasteiger partial charge in [-0.05, 0) is 69.8 Å². The minimum atomic E-state index is -1.10. The maximum absolute atomic E-state index is 14.0. The van der Waals surface area contributed by atoms with E-state index in [0.29, 0.717) is 44.9 Å². The average molecular weight is 554 g/mol. The van der Waals surface area contributed by atoms with Crippen molar-refractivity contribution in [3.05, 3.63) is 23.3 Å². The SMILES string of the molecule is COc1cc(C#N)c(OC2CCC(C)(C(=O)O)CC2)cc1C(=O)N[C@@H]1[C@H]2CC[C@H](C2)[C@@H]1C(=O)NC12CC(F)(C1)C2. The van der Waals surface area contributed by atoms with E-state index in [9.17, 15) is 29.1 Å². The predicted molar refractivity (Wildman–Crippen MR) is 140 cm³/mol. The molecule has 0 heterocycles. The molecule has 6 fully saturated rings. The van der Waals surface area contributed by atoms with Crippen LogP contribution in [-0.2, 0) is 9.59 Å². The van der Waals surface area contributed by atoms with Crippen molar-refractivity contribution in [1.29, 1.82) is 5.26 Å². The van der Waals surface area contributed by atoms with Crippen LogP contribution in [0.25, 0.3) is 0 Å². The zero-order valence-corrected chi connectivity index (χ0v) is 22.9. The van der Waals surface area contributed by atoms with Gasteiger partial charge >= 0.3 is 5.97 Å². The van der Waals surface area contributed by atoms with Crippen LogP contribution in [0.1, 0.15) is 87.1 Å². The summed E-state index contributed by atoms with van der Waals surface area (Å²) in [6, 6.07) is 4.77. The van der Waals surface area contributed by atoms with E-state index in [-0.39, 0.29) is 58.4 Å². The first-order valence-electron chi connectivity index (χ1n) is 14.3. The van der Waals surface area contributed by atoms with E-state index in [1.807, 2.05) is 0 Å². The molecule has 0 aromatic heterocycles. The third-order valence-electron chi connectivity index (χ3n) is 10.4. The maximum atomic E-state index is 14.0. The van der Waals surface area contributed by atoms with Crippen LogP contribution < -0.4 is 20.1 Å². The molecule has 214 valence electrons. The quantitative estimate of drug-likeness (QED) is 0.444. The molecule has 10 heteroatoms. The summed E-state index contributed by atoms with van der Waals surface area (Å²) in [6.45, 7) is 1.73.